The van der Waals surface area contributed by atoms with Crippen LogP contribution >= 0.6 is 11.6 Å². The molecule has 2 aliphatic heterocycles. The van der Waals surface area contributed by atoms with Crippen molar-refractivity contribution >= 4 is 17.5 Å². The third-order valence-electron chi connectivity index (χ3n) is 5.74. The molecule has 7 nitrogen and oxygen atoms in total. The average Bonchev–Trinajstić information content (AvgIpc) is 3.23. The Morgan fingerprint density at radius 2 is 2.00 bits per heavy atom. The van der Waals surface area contributed by atoms with E-state index in [1.807, 2.05) is 41.8 Å². The summed E-state index contributed by atoms with van der Waals surface area (Å²) in [4.78, 5) is 17.0. The third kappa shape index (κ3) is 4.06. The van der Waals surface area contributed by atoms with E-state index < -0.39 is 0 Å². The molecule has 1 amide bonds. The Bertz CT molecular complexity index is 851. The van der Waals surface area contributed by atoms with Gasteiger partial charge in [0.25, 0.3) is 5.91 Å². The summed E-state index contributed by atoms with van der Waals surface area (Å²) in [5.41, 5.74) is 1.17. The molecule has 0 aliphatic carbocycles. The van der Waals surface area contributed by atoms with Gasteiger partial charge < -0.3 is 14.8 Å². The van der Waals surface area contributed by atoms with Crippen molar-refractivity contribution in [2.75, 3.05) is 40.3 Å². The molecule has 1 fully saturated rings. The van der Waals surface area contributed by atoms with Crippen molar-refractivity contribution in [2.24, 2.45) is 11.8 Å². The lowest BCUT2D eigenvalue weighted by Gasteiger charge is -2.25. The highest BCUT2D eigenvalue weighted by Gasteiger charge is 2.39. The molecule has 1 aromatic carbocycles. The van der Waals surface area contributed by atoms with Gasteiger partial charge in [0, 0.05) is 50.7 Å². The molecule has 0 unspecified atom stereocenters. The van der Waals surface area contributed by atoms with E-state index in [1.54, 1.807) is 0 Å². The molecule has 1 aromatic heterocycles. The monoisotopic (exact) mass is 402 g/mol. The molecule has 2 aliphatic rings. The van der Waals surface area contributed by atoms with E-state index in [2.05, 4.69) is 26.5 Å². The second kappa shape index (κ2) is 8.19. The van der Waals surface area contributed by atoms with Gasteiger partial charge in [-0.15, -0.1) is 10.2 Å². The smallest absolute Gasteiger partial charge is 0.289 e. The van der Waals surface area contributed by atoms with Crippen LogP contribution < -0.4 is 5.32 Å². The summed E-state index contributed by atoms with van der Waals surface area (Å²) < 4.78 is 2.02. The van der Waals surface area contributed by atoms with Crippen LogP contribution in [-0.2, 0) is 19.5 Å². The fourth-order valence-electron chi connectivity index (χ4n) is 4.26. The van der Waals surface area contributed by atoms with Crippen molar-refractivity contribution < 1.29 is 4.79 Å². The predicted molar refractivity (Wildman–Crippen MR) is 108 cm³/mol. The van der Waals surface area contributed by atoms with Crippen LogP contribution in [0.25, 0.3) is 0 Å². The van der Waals surface area contributed by atoms with Crippen LogP contribution in [0, 0.1) is 11.8 Å². The largest absolute Gasteiger partial charge is 0.348 e. The fourth-order valence-corrected chi connectivity index (χ4v) is 4.45. The quantitative estimate of drug-likeness (QED) is 0.793. The maximum Gasteiger partial charge on any atom is 0.289 e. The number of likely N-dealkylation sites (N-methyl/N-ethyl adjacent to an activating group) is 1. The first-order valence-corrected chi connectivity index (χ1v) is 10.2. The number of carbonyl (C=O) groups excluding carboxylic acids is 1. The Balaban J connectivity index is 1.40. The van der Waals surface area contributed by atoms with Crippen LogP contribution in [0.15, 0.2) is 24.3 Å². The number of nitrogens with zero attached hydrogens (tertiary/aromatic N) is 5. The SMILES string of the molecule is CN(C)CCNC(=O)c1nnc2n1C[C@@H]1CN(Cc3ccccc3Cl)C[C@@H]1C2. The number of rotatable bonds is 6. The number of carbonyl (C=O) groups is 1. The van der Waals surface area contributed by atoms with Crippen molar-refractivity contribution in [3.8, 4) is 0 Å². The van der Waals surface area contributed by atoms with Gasteiger partial charge in [-0.05, 0) is 37.6 Å². The summed E-state index contributed by atoms with van der Waals surface area (Å²) in [5, 5.41) is 12.3. The Labute approximate surface area is 170 Å². The summed E-state index contributed by atoms with van der Waals surface area (Å²) in [7, 11) is 3.97. The van der Waals surface area contributed by atoms with E-state index in [1.165, 1.54) is 5.56 Å². The van der Waals surface area contributed by atoms with Crippen LogP contribution in [0.2, 0.25) is 5.02 Å². The van der Waals surface area contributed by atoms with E-state index in [-0.39, 0.29) is 5.91 Å². The molecule has 4 rings (SSSR count). The van der Waals surface area contributed by atoms with E-state index in [0.717, 1.165) is 50.0 Å². The molecule has 0 bridgehead atoms. The first-order chi connectivity index (χ1) is 13.5. The lowest BCUT2D eigenvalue weighted by Crippen LogP contribution is -2.35. The summed E-state index contributed by atoms with van der Waals surface area (Å²) in [6.07, 6.45) is 0.877. The highest BCUT2D eigenvalue weighted by molar-refractivity contribution is 6.31. The van der Waals surface area contributed by atoms with Gasteiger partial charge in [-0.25, -0.2) is 0 Å². The van der Waals surface area contributed by atoms with Crippen molar-refractivity contribution in [3.05, 3.63) is 46.5 Å². The Kier molecular flexibility index (Phi) is 5.66. The first kappa shape index (κ1) is 19.4. The van der Waals surface area contributed by atoms with Gasteiger partial charge in [0.15, 0.2) is 0 Å². The highest BCUT2D eigenvalue weighted by Crippen LogP contribution is 2.33. The molecular weight excluding hydrogens is 376 g/mol. The van der Waals surface area contributed by atoms with Crippen LogP contribution in [0.3, 0.4) is 0 Å². The van der Waals surface area contributed by atoms with Crippen LogP contribution in [0.5, 0.6) is 0 Å². The Morgan fingerprint density at radius 1 is 1.21 bits per heavy atom. The number of amides is 1. The third-order valence-corrected chi connectivity index (χ3v) is 6.11. The second-order valence-corrected chi connectivity index (χ2v) is 8.53. The lowest BCUT2D eigenvalue weighted by molar-refractivity contribution is 0.0932. The van der Waals surface area contributed by atoms with Gasteiger partial charge in [0.2, 0.25) is 5.82 Å². The summed E-state index contributed by atoms with van der Waals surface area (Å²) in [6.45, 7) is 5.12. The minimum absolute atomic E-state index is 0.134. The topological polar surface area (TPSA) is 66.3 Å². The number of aromatic nitrogens is 3. The molecule has 2 atom stereocenters. The lowest BCUT2D eigenvalue weighted by atomic mass is 9.89. The molecule has 1 saturated heterocycles. The number of benzene rings is 1. The van der Waals surface area contributed by atoms with E-state index in [9.17, 15) is 4.79 Å². The second-order valence-electron chi connectivity index (χ2n) is 8.12. The van der Waals surface area contributed by atoms with E-state index in [4.69, 9.17) is 11.6 Å². The Hall–Kier alpha value is -1.96. The fraction of sp³-hybridized carbons (Fsp3) is 0.550. The van der Waals surface area contributed by atoms with Crippen LogP contribution in [-0.4, -0.2) is 70.7 Å². The van der Waals surface area contributed by atoms with Crippen molar-refractivity contribution in [2.45, 2.75) is 19.5 Å². The molecule has 0 saturated carbocycles. The molecule has 8 heteroatoms. The number of halogens is 1. The van der Waals surface area contributed by atoms with Gasteiger partial charge in [-0.1, -0.05) is 29.8 Å². The first-order valence-electron chi connectivity index (χ1n) is 9.82. The maximum absolute atomic E-state index is 12.5. The Morgan fingerprint density at radius 3 is 2.79 bits per heavy atom. The van der Waals surface area contributed by atoms with Gasteiger partial charge in [0.1, 0.15) is 5.82 Å². The number of likely N-dealkylation sites (tertiary alicyclic amines) is 1. The number of nitrogens with one attached hydrogen (secondary N) is 1. The summed E-state index contributed by atoms with van der Waals surface area (Å²) in [5.74, 6) is 2.31. The minimum Gasteiger partial charge on any atom is -0.348 e. The molecule has 0 radical (unpaired) electrons. The average molecular weight is 403 g/mol. The van der Waals surface area contributed by atoms with Gasteiger partial charge >= 0.3 is 0 Å². The van der Waals surface area contributed by atoms with Crippen molar-refractivity contribution in [1.82, 2.24) is 29.9 Å². The zero-order chi connectivity index (χ0) is 19.7. The molecule has 150 valence electrons. The molecule has 28 heavy (non-hydrogen) atoms. The van der Waals surface area contributed by atoms with Gasteiger partial charge in [0.05, 0.1) is 0 Å². The maximum atomic E-state index is 12.5. The zero-order valence-corrected chi connectivity index (χ0v) is 17.2. The minimum atomic E-state index is -0.134. The van der Waals surface area contributed by atoms with Crippen LogP contribution in [0.4, 0.5) is 0 Å². The van der Waals surface area contributed by atoms with Crippen molar-refractivity contribution in [1.29, 1.82) is 0 Å². The van der Waals surface area contributed by atoms with Gasteiger partial charge in [-0.2, -0.15) is 0 Å². The molecular formula is C20H27ClN6O. The predicted octanol–water partition coefficient (Wildman–Crippen LogP) is 1.53. The molecule has 1 N–H and O–H groups in total. The molecule has 0 spiro atoms. The van der Waals surface area contributed by atoms with Gasteiger partial charge in [-0.3, -0.25) is 9.69 Å². The summed E-state index contributed by atoms with van der Waals surface area (Å²) in [6, 6.07) is 8.04. The van der Waals surface area contributed by atoms with Crippen molar-refractivity contribution in [3.63, 3.8) is 0 Å². The number of hydrogen-bond acceptors (Lipinski definition) is 5. The highest BCUT2D eigenvalue weighted by atomic mass is 35.5. The normalized spacial score (nSPS) is 21.6. The molecule has 3 heterocycles. The van der Waals surface area contributed by atoms with E-state index >= 15 is 0 Å². The summed E-state index contributed by atoms with van der Waals surface area (Å²) >= 11 is 6.33. The standard InChI is InChI=1S/C20H27ClN6O/c1-25(2)8-7-22-20(28)19-24-23-18-9-15-11-26(12-16(15)13-27(18)19)10-14-5-3-4-6-17(14)21/h3-6,15-16H,7-13H2,1-2H3,(H,22,28)/t15-,16-/m0/s1. The zero-order valence-electron chi connectivity index (χ0n) is 16.4. The van der Waals surface area contributed by atoms with E-state index in [0.29, 0.717) is 24.2 Å². The number of fused-ring (bicyclic) bond motifs is 2. The van der Waals surface area contributed by atoms with Crippen LogP contribution in [0.1, 0.15) is 22.0 Å². The molecule has 2 aromatic rings. The number of hydrogen-bond donors (Lipinski definition) is 1.